The molecule has 0 fully saturated rings. The maximum Gasteiger partial charge on any atom is 0.113 e. The molecule has 2 heterocycles. The van der Waals surface area contributed by atoms with Crippen molar-refractivity contribution in [2.75, 3.05) is 6.61 Å². The molecule has 0 spiro atoms. The summed E-state index contributed by atoms with van der Waals surface area (Å²) in [6, 6.07) is 3.69. The molecule has 0 amide bonds. The van der Waals surface area contributed by atoms with Gasteiger partial charge in [0.15, 0.2) is 0 Å². The molecular formula is C10H12N2O. The van der Waals surface area contributed by atoms with E-state index < -0.39 is 0 Å². The number of hydrogen-bond donors (Lipinski definition) is 1. The van der Waals surface area contributed by atoms with Crippen molar-refractivity contribution in [3.05, 3.63) is 41.9 Å². The average molecular weight is 176 g/mol. The molecule has 1 aromatic rings. The SMILES string of the molecule is NC(C1=CCCO1)c1ccncc1. The van der Waals surface area contributed by atoms with Crippen molar-refractivity contribution in [1.29, 1.82) is 0 Å². The second-order valence-corrected chi connectivity index (χ2v) is 3.00. The third-order valence-electron chi connectivity index (χ3n) is 2.10. The number of pyridine rings is 1. The summed E-state index contributed by atoms with van der Waals surface area (Å²) >= 11 is 0. The van der Waals surface area contributed by atoms with Gasteiger partial charge in [0.1, 0.15) is 5.76 Å². The van der Waals surface area contributed by atoms with Crippen molar-refractivity contribution in [3.8, 4) is 0 Å². The van der Waals surface area contributed by atoms with Crippen LogP contribution in [-0.2, 0) is 4.74 Å². The van der Waals surface area contributed by atoms with Gasteiger partial charge in [-0.2, -0.15) is 0 Å². The van der Waals surface area contributed by atoms with Crippen LogP contribution >= 0.6 is 0 Å². The molecule has 0 saturated carbocycles. The largest absolute Gasteiger partial charge is 0.496 e. The summed E-state index contributed by atoms with van der Waals surface area (Å²) in [5, 5.41) is 0. The van der Waals surface area contributed by atoms with Crippen LogP contribution in [0.2, 0.25) is 0 Å². The van der Waals surface area contributed by atoms with E-state index >= 15 is 0 Å². The van der Waals surface area contributed by atoms with E-state index in [1.54, 1.807) is 12.4 Å². The lowest BCUT2D eigenvalue weighted by molar-refractivity contribution is 0.225. The molecular weight excluding hydrogens is 164 g/mol. The van der Waals surface area contributed by atoms with Crippen molar-refractivity contribution >= 4 is 0 Å². The van der Waals surface area contributed by atoms with Crippen molar-refractivity contribution < 1.29 is 4.74 Å². The lowest BCUT2D eigenvalue weighted by Gasteiger charge is -2.12. The van der Waals surface area contributed by atoms with Crippen LogP contribution < -0.4 is 5.73 Å². The molecule has 3 heteroatoms. The first-order chi connectivity index (χ1) is 6.38. The minimum absolute atomic E-state index is 0.134. The molecule has 3 nitrogen and oxygen atoms in total. The third-order valence-corrected chi connectivity index (χ3v) is 2.10. The number of ether oxygens (including phenoxy) is 1. The first-order valence-electron chi connectivity index (χ1n) is 4.36. The summed E-state index contributed by atoms with van der Waals surface area (Å²) < 4.78 is 5.38. The Bertz CT molecular complexity index is 308. The normalized spacial score (nSPS) is 17.8. The predicted molar refractivity (Wildman–Crippen MR) is 49.8 cm³/mol. The van der Waals surface area contributed by atoms with Crippen molar-refractivity contribution in [1.82, 2.24) is 4.98 Å². The van der Waals surface area contributed by atoms with Gasteiger partial charge in [0.05, 0.1) is 12.6 Å². The molecule has 0 radical (unpaired) electrons. The number of aromatic nitrogens is 1. The molecule has 13 heavy (non-hydrogen) atoms. The molecule has 2 N–H and O–H groups in total. The summed E-state index contributed by atoms with van der Waals surface area (Å²) in [5.74, 6) is 0.881. The van der Waals surface area contributed by atoms with E-state index in [-0.39, 0.29) is 6.04 Å². The molecule has 1 atom stereocenters. The van der Waals surface area contributed by atoms with E-state index in [1.165, 1.54) is 0 Å². The van der Waals surface area contributed by atoms with Crippen LogP contribution in [-0.4, -0.2) is 11.6 Å². The summed E-state index contributed by atoms with van der Waals surface area (Å²) in [4.78, 5) is 3.94. The Morgan fingerprint density at radius 1 is 1.38 bits per heavy atom. The molecule has 1 aliphatic rings. The quantitative estimate of drug-likeness (QED) is 0.740. The van der Waals surface area contributed by atoms with Gasteiger partial charge in [0.25, 0.3) is 0 Å². The highest BCUT2D eigenvalue weighted by atomic mass is 16.5. The molecule has 2 rings (SSSR count). The molecule has 0 aliphatic carbocycles. The fourth-order valence-electron chi connectivity index (χ4n) is 1.39. The Labute approximate surface area is 77.2 Å². The molecule has 1 unspecified atom stereocenters. The smallest absolute Gasteiger partial charge is 0.113 e. The van der Waals surface area contributed by atoms with Gasteiger partial charge in [-0.3, -0.25) is 4.98 Å². The van der Waals surface area contributed by atoms with E-state index in [1.807, 2.05) is 18.2 Å². The summed E-state index contributed by atoms with van der Waals surface area (Å²) in [6.45, 7) is 0.758. The zero-order chi connectivity index (χ0) is 9.10. The topological polar surface area (TPSA) is 48.1 Å². The first-order valence-corrected chi connectivity index (χ1v) is 4.36. The van der Waals surface area contributed by atoms with Crippen LogP contribution in [0.1, 0.15) is 18.0 Å². The van der Waals surface area contributed by atoms with E-state index in [4.69, 9.17) is 10.5 Å². The van der Waals surface area contributed by atoms with Crippen LogP contribution in [0.3, 0.4) is 0 Å². The maximum atomic E-state index is 5.98. The van der Waals surface area contributed by atoms with E-state index in [0.29, 0.717) is 0 Å². The van der Waals surface area contributed by atoms with Gasteiger partial charge in [0, 0.05) is 18.8 Å². The van der Waals surface area contributed by atoms with Gasteiger partial charge < -0.3 is 10.5 Å². The second kappa shape index (κ2) is 3.58. The molecule has 0 bridgehead atoms. The lowest BCUT2D eigenvalue weighted by atomic mass is 10.1. The highest BCUT2D eigenvalue weighted by Crippen LogP contribution is 2.23. The van der Waals surface area contributed by atoms with Crippen LogP contribution in [0.4, 0.5) is 0 Å². The maximum absolute atomic E-state index is 5.98. The first kappa shape index (κ1) is 8.26. The minimum Gasteiger partial charge on any atom is -0.496 e. The van der Waals surface area contributed by atoms with Gasteiger partial charge in [-0.05, 0) is 23.8 Å². The molecule has 0 saturated heterocycles. The Hall–Kier alpha value is -1.35. The van der Waals surface area contributed by atoms with Gasteiger partial charge in [-0.25, -0.2) is 0 Å². The summed E-state index contributed by atoms with van der Waals surface area (Å²) in [5.41, 5.74) is 7.02. The second-order valence-electron chi connectivity index (χ2n) is 3.00. The molecule has 0 aromatic carbocycles. The average Bonchev–Trinajstić information content (AvgIpc) is 2.71. The Kier molecular flexibility index (Phi) is 2.27. The van der Waals surface area contributed by atoms with Crippen LogP contribution in [0.25, 0.3) is 0 Å². The van der Waals surface area contributed by atoms with Crippen molar-refractivity contribution in [2.45, 2.75) is 12.5 Å². The number of rotatable bonds is 2. The standard InChI is InChI=1S/C10H12N2O/c11-10(9-2-1-7-13-9)8-3-5-12-6-4-8/h2-6,10H,1,7,11H2. The Morgan fingerprint density at radius 2 is 2.15 bits per heavy atom. The van der Waals surface area contributed by atoms with Crippen molar-refractivity contribution in [3.63, 3.8) is 0 Å². The van der Waals surface area contributed by atoms with Gasteiger partial charge in [-0.1, -0.05) is 0 Å². The number of nitrogens with two attached hydrogens (primary N) is 1. The van der Waals surface area contributed by atoms with E-state index in [0.717, 1.165) is 24.4 Å². The van der Waals surface area contributed by atoms with E-state index in [2.05, 4.69) is 4.98 Å². The van der Waals surface area contributed by atoms with Gasteiger partial charge in [-0.15, -0.1) is 0 Å². The molecule has 1 aromatic heterocycles. The highest BCUT2D eigenvalue weighted by Gasteiger charge is 2.15. The fraction of sp³-hybridized carbons (Fsp3) is 0.300. The van der Waals surface area contributed by atoms with Gasteiger partial charge >= 0.3 is 0 Å². The zero-order valence-electron chi connectivity index (χ0n) is 7.31. The van der Waals surface area contributed by atoms with Crippen LogP contribution in [0.15, 0.2) is 36.4 Å². The molecule has 68 valence electrons. The fourth-order valence-corrected chi connectivity index (χ4v) is 1.39. The van der Waals surface area contributed by atoms with Gasteiger partial charge in [0.2, 0.25) is 0 Å². The van der Waals surface area contributed by atoms with E-state index in [9.17, 15) is 0 Å². The van der Waals surface area contributed by atoms with Crippen LogP contribution in [0, 0.1) is 0 Å². The minimum atomic E-state index is -0.134. The summed E-state index contributed by atoms with van der Waals surface area (Å²) in [7, 11) is 0. The Balaban J connectivity index is 2.17. The summed E-state index contributed by atoms with van der Waals surface area (Å²) in [6.07, 6.45) is 6.49. The molecule has 1 aliphatic heterocycles. The third kappa shape index (κ3) is 1.70. The number of hydrogen-bond acceptors (Lipinski definition) is 3. The van der Waals surface area contributed by atoms with Crippen molar-refractivity contribution in [2.24, 2.45) is 5.73 Å². The monoisotopic (exact) mass is 176 g/mol. The Morgan fingerprint density at radius 3 is 2.77 bits per heavy atom. The lowest BCUT2D eigenvalue weighted by Crippen LogP contribution is -2.13. The highest BCUT2D eigenvalue weighted by molar-refractivity contribution is 5.23. The number of nitrogens with zero attached hydrogens (tertiary/aromatic N) is 1. The predicted octanol–water partition coefficient (Wildman–Crippen LogP) is 1.39. The zero-order valence-corrected chi connectivity index (χ0v) is 7.31. The van der Waals surface area contributed by atoms with Crippen LogP contribution in [0.5, 0.6) is 0 Å².